The van der Waals surface area contributed by atoms with Crippen LogP contribution >= 0.6 is 0 Å². The average molecular weight is 175 g/mol. The Balaban J connectivity index is 3.90. The Hall–Kier alpha value is -0.770. The monoisotopic (exact) mass is 175 g/mol. The molecule has 4 nitrogen and oxygen atoms in total. The summed E-state index contributed by atoms with van der Waals surface area (Å²) in [5, 5.41) is 2.68. The van der Waals surface area contributed by atoms with Gasteiger partial charge in [-0.15, -0.1) is 0 Å². The van der Waals surface area contributed by atoms with Crippen molar-refractivity contribution in [2.75, 3.05) is 14.2 Å². The van der Waals surface area contributed by atoms with Gasteiger partial charge in [0.2, 0.25) is 0 Å². The second-order valence-electron chi connectivity index (χ2n) is 2.59. The van der Waals surface area contributed by atoms with Crippen LogP contribution in [-0.4, -0.2) is 32.5 Å². The van der Waals surface area contributed by atoms with Crippen molar-refractivity contribution in [3.05, 3.63) is 0 Å². The van der Waals surface area contributed by atoms with Gasteiger partial charge in [-0.3, -0.25) is 0 Å². The van der Waals surface area contributed by atoms with Crippen molar-refractivity contribution in [1.82, 2.24) is 5.32 Å². The van der Waals surface area contributed by atoms with Crippen molar-refractivity contribution in [2.24, 2.45) is 0 Å². The molecule has 4 heteroatoms. The molecular formula is C8H17NO3. The van der Waals surface area contributed by atoms with Crippen LogP contribution in [-0.2, 0) is 9.47 Å². The zero-order chi connectivity index (χ0) is 9.56. The number of amides is 1. The van der Waals surface area contributed by atoms with E-state index in [9.17, 15) is 4.79 Å². The lowest BCUT2D eigenvalue weighted by Gasteiger charge is -2.21. The van der Waals surface area contributed by atoms with E-state index in [1.807, 2.05) is 13.8 Å². The number of alkyl carbamates (subject to hydrolysis) is 1. The van der Waals surface area contributed by atoms with Gasteiger partial charge in [0.05, 0.1) is 19.3 Å². The highest BCUT2D eigenvalue weighted by atomic mass is 16.5. The Labute approximate surface area is 73.2 Å². The molecule has 0 fully saturated rings. The van der Waals surface area contributed by atoms with Crippen LogP contribution < -0.4 is 5.32 Å². The van der Waals surface area contributed by atoms with Gasteiger partial charge in [0.25, 0.3) is 0 Å². The summed E-state index contributed by atoms with van der Waals surface area (Å²) in [6.07, 6.45) is 0.421. The standard InChI is InChI=1S/C8H17NO3/c1-5-7(6(2)11-3)9-8(10)12-4/h6-7H,5H2,1-4H3,(H,9,10)/t6-,7+/m0/s1. The minimum absolute atomic E-state index is 0.00843. The Morgan fingerprint density at radius 2 is 2.08 bits per heavy atom. The molecule has 12 heavy (non-hydrogen) atoms. The number of hydrogen-bond acceptors (Lipinski definition) is 3. The Morgan fingerprint density at radius 1 is 1.50 bits per heavy atom. The molecule has 2 atom stereocenters. The maximum atomic E-state index is 10.8. The molecule has 0 aromatic heterocycles. The Kier molecular flexibility index (Phi) is 5.45. The number of carbonyl (C=O) groups is 1. The third kappa shape index (κ3) is 3.57. The van der Waals surface area contributed by atoms with Gasteiger partial charge in [-0.05, 0) is 13.3 Å². The number of ether oxygens (including phenoxy) is 2. The van der Waals surface area contributed by atoms with Crippen molar-refractivity contribution in [3.8, 4) is 0 Å². The van der Waals surface area contributed by atoms with E-state index in [-0.39, 0.29) is 12.1 Å². The van der Waals surface area contributed by atoms with Crippen LogP contribution in [0.3, 0.4) is 0 Å². The van der Waals surface area contributed by atoms with E-state index >= 15 is 0 Å². The molecule has 0 heterocycles. The predicted molar refractivity (Wildman–Crippen MR) is 46.1 cm³/mol. The van der Waals surface area contributed by atoms with Crippen molar-refractivity contribution < 1.29 is 14.3 Å². The fraction of sp³-hybridized carbons (Fsp3) is 0.875. The summed E-state index contributed by atoms with van der Waals surface area (Å²) in [6, 6.07) is 0.0162. The molecule has 0 spiro atoms. The van der Waals surface area contributed by atoms with E-state index in [1.54, 1.807) is 7.11 Å². The van der Waals surface area contributed by atoms with Gasteiger partial charge < -0.3 is 14.8 Å². The highest BCUT2D eigenvalue weighted by Gasteiger charge is 2.16. The van der Waals surface area contributed by atoms with Crippen molar-refractivity contribution in [2.45, 2.75) is 32.4 Å². The van der Waals surface area contributed by atoms with Crippen LogP contribution in [0.5, 0.6) is 0 Å². The highest BCUT2D eigenvalue weighted by Crippen LogP contribution is 2.01. The van der Waals surface area contributed by atoms with Crippen molar-refractivity contribution in [1.29, 1.82) is 0 Å². The number of methoxy groups -OCH3 is 2. The van der Waals surface area contributed by atoms with Gasteiger partial charge in [-0.25, -0.2) is 4.79 Å². The Morgan fingerprint density at radius 3 is 2.42 bits per heavy atom. The van der Waals surface area contributed by atoms with E-state index < -0.39 is 6.09 Å². The molecule has 0 bridgehead atoms. The van der Waals surface area contributed by atoms with Crippen molar-refractivity contribution >= 4 is 6.09 Å². The number of rotatable bonds is 4. The normalized spacial score (nSPS) is 15.0. The molecule has 0 saturated carbocycles. The van der Waals surface area contributed by atoms with Crippen LogP contribution in [0.2, 0.25) is 0 Å². The lowest BCUT2D eigenvalue weighted by Crippen LogP contribution is -2.42. The summed E-state index contributed by atoms with van der Waals surface area (Å²) in [7, 11) is 2.96. The summed E-state index contributed by atoms with van der Waals surface area (Å²) in [6.45, 7) is 3.89. The molecule has 0 saturated heterocycles. The van der Waals surface area contributed by atoms with E-state index in [4.69, 9.17) is 4.74 Å². The van der Waals surface area contributed by atoms with Crippen LogP contribution in [0.15, 0.2) is 0 Å². The minimum Gasteiger partial charge on any atom is -0.453 e. The first-order valence-corrected chi connectivity index (χ1v) is 4.03. The minimum atomic E-state index is -0.411. The number of hydrogen-bond donors (Lipinski definition) is 1. The molecular weight excluding hydrogens is 158 g/mol. The zero-order valence-corrected chi connectivity index (χ0v) is 8.09. The van der Waals surface area contributed by atoms with E-state index in [0.29, 0.717) is 0 Å². The summed E-state index contributed by atoms with van der Waals surface area (Å²) < 4.78 is 9.55. The van der Waals surface area contributed by atoms with Gasteiger partial charge >= 0.3 is 6.09 Å². The quantitative estimate of drug-likeness (QED) is 0.697. The van der Waals surface area contributed by atoms with Gasteiger partial charge in [-0.1, -0.05) is 6.92 Å². The highest BCUT2D eigenvalue weighted by molar-refractivity contribution is 5.67. The summed E-state index contributed by atoms with van der Waals surface area (Å²) in [5.41, 5.74) is 0. The maximum Gasteiger partial charge on any atom is 0.407 e. The topological polar surface area (TPSA) is 47.6 Å². The van der Waals surface area contributed by atoms with Crippen LogP contribution in [0.4, 0.5) is 4.79 Å². The summed E-state index contributed by atoms with van der Waals surface area (Å²) in [4.78, 5) is 10.8. The SMILES string of the molecule is CC[C@@H](NC(=O)OC)[C@H](C)OC. The van der Waals surface area contributed by atoms with Gasteiger partial charge in [0.15, 0.2) is 0 Å². The fourth-order valence-corrected chi connectivity index (χ4v) is 0.926. The third-order valence-electron chi connectivity index (χ3n) is 1.87. The average Bonchev–Trinajstić information content (AvgIpc) is 2.12. The third-order valence-corrected chi connectivity index (χ3v) is 1.87. The van der Waals surface area contributed by atoms with Gasteiger partial charge in [0, 0.05) is 7.11 Å². The molecule has 1 amide bonds. The second-order valence-corrected chi connectivity index (χ2v) is 2.59. The molecule has 0 aliphatic carbocycles. The largest absolute Gasteiger partial charge is 0.453 e. The first-order chi connectivity index (χ1) is 5.65. The van der Waals surface area contributed by atoms with E-state index in [0.717, 1.165) is 6.42 Å². The molecule has 0 aliphatic rings. The lowest BCUT2D eigenvalue weighted by atomic mass is 10.1. The molecule has 0 rings (SSSR count). The van der Waals surface area contributed by atoms with Gasteiger partial charge in [-0.2, -0.15) is 0 Å². The fourth-order valence-electron chi connectivity index (χ4n) is 0.926. The van der Waals surface area contributed by atoms with Gasteiger partial charge in [0.1, 0.15) is 0 Å². The number of nitrogens with one attached hydrogen (secondary N) is 1. The lowest BCUT2D eigenvalue weighted by molar-refractivity contribution is 0.0776. The Bertz CT molecular complexity index is 138. The number of carbonyl (C=O) groups excluding carboxylic acids is 1. The second kappa shape index (κ2) is 5.83. The first-order valence-electron chi connectivity index (χ1n) is 4.03. The predicted octanol–water partition coefficient (Wildman–Crippen LogP) is 1.16. The molecule has 1 N–H and O–H groups in total. The van der Waals surface area contributed by atoms with E-state index in [1.165, 1.54) is 7.11 Å². The molecule has 72 valence electrons. The molecule has 0 aliphatic heterocycles. The molecule has 0 aromatic rings. The maximum absolute atomic E-state index is 10.8. The smallest absolute Gasteiger partial charge is 0.407 e. The van der Waals surface area contributed by atoms with Crippen LogP contribution in [0.1, 0.15) is 20.3 Å². The van der Waals surface area contributed by atoms with Crippen molar-refractivity contribution in [3.63, 3.8) is 0 Å². The summed E-state index contributed by atoms with van der Waals surface area (Å²) >= 11 is 0. The molecule has 0 radical (unpaired) electrons. The van der Waals surface area contributed by atoms with Crippen LogP contribution in [0.25, 0.3) is 0 Å². The van der Waals surface area contributed by atoms with Crippen LogP contribution in [0, 0.1) is 0 Å². The van der Waals surface area contributed by atoms with E-state index in [2.05, 4.69) is 10.1 Å². The zero-order valence-electron chi connectivity index (χ0n) is 8.09. The molecule has 0 unspecified atom stereocenters. The molecule has 0 aromatic carbocycles. The summed E-state index contributed by atoms with van der Waals surface area (Å²) in [5.74, 6) is 0. The first kappa shape index (κ1) is 11.2.